The van der Waals surface area contributed by atoms with Crippen molar-refractivity contribution in [2.45, 2.75) is 31.6 Å². The highest BCUT2D eigenvalue weighted by molar-refractivity contribution is 5.79. The molecular formula is C16H20N2O2. The highest BCUT2D eigenvalue weighted by atomic mass is 16.5. The molecule has 1 heterocycles. The third kappa shape index (κ3) is 2.49. The van der Waals surface area contributed by atoms with Crippen molar-refractivity contribution in [3.8, 4) is 5.75 Å². The van der Waals surface area contributed by atoms with Crippen molar-refractivity contribution in [2.75, 3.05) is 13.7 Å². The lowest BCUT2D eigenvalue weighted by Gasteiger charge is -2.43. The quantitative estimate of drug-likeness (QED) is 0.907. The third-order valence-electron chi connectivity index (χ3n) is 3.85. The molecule has 1 N–H and O–H groups in total. The molecule has 0 aliphatic heterocycles. The van der Waals surface area contributed by atoms with E-state index in [1.54, 1.807) is 13.3 Å². The molecule has 20 heavy (non-hydrogen) atoms. The Labute approximate surface area is 119 Å². The van der Waals surface area contributed by atoms with E-state index < -0.39 is 0 Å². The van der Waals surface area contributed by atoms with Crippen LogP contribution >= 0.6 is 0 Å². The molecule has 1 aromatic carbocycles. The Morgan fingerprint density at radius 2 is 2.25 bits per heavy atom. The van der Waals surface area contributed by atoms with Gasteiger partial charge in [-0.1, -0.05) is 13.0 Å². The minimum Gasteiger partial charge on any atom is -0.488 e. The van der Waals surface area contributed by atoms with Gasteiger partial charge in [0.25, 0.3) is 0 Å². The topological polar surface area (TPSA) is 43.4 Å². The average molecular weight is 272 g/mol. The van der Waals surface area contributed by atoms with Crippen LogP contribution in [0.4, 0.5) is 0 Å². The fraction of sp³-hybridized carbons (Fsp3) is 0.438. The zero-order valence-electron chi connectivity index (χ0n) is 11.9. The lowest BCUT2D eigenvalue weighted by Crippen LogP contribution is -2.60. The van der Waals surface area contributed by atoms with Crippen LogP contribution in [0, 0.1) is 0 Å². The second kappa shape index (κ2) is 5.77. The van der Waals surface area contributed by atoms with Crippen molar-refractivity contribution in [1.82, 2.24) is 10.3 Å². The Morgan fingerprint density at radius 1 is 1.35 bits per heavy atom. The van der Waals surface area contributed by atoms with Gasteiger partial charge in [0.2, 0.25) is 0 Å². The zero-order valence-corrected chi connectivity index (χ0v) is 11.9. The second-order valence-corrected chi connectivity index (χ2v) is 5.11. The number of pyridine rings is 1. The number of fused-ring (bicyclic) bond motifs is 1. The van der Waals surface area contributed by atoms with Gasteiger partial charge >= 0.3 is 0 Å². The Bertz CT molecular complexity index is 587. The van der Waals surface area contributed by atoms with Crippen LogP contribution in [-0.2, 0) is 4.74 Å². The van der Waals surface area contributed by atoms with Crippen molar-refractivity contribution in [3.63, 3.8) is 0 Å². The highest BCUT2D eigenvalue weighted by Crippen LogP contribution is 2.29. The van der Waals surface area contributed by atoms with Crippen LogP contribution in [-0.4, -0.2) is 36.9 Å². The summed E-state index contributed by atoms with van der Waals surface area (Å²) in [5, 5.41) is 4.54. The molecule has 106 valence electrons. The number of benzene rings is 1. The normalized spacial score (nSPS) is 25.4. The highest BCUT2D eigenvalue weighted by Gasteiger charge is 2.42. The summed E-state index contributed by atoms with van der Waals surface area (Å²) >= 11 is 0. The average Bonchev–Trinajstić information content (AvgIpc) is 2.46. The number of hydrogen-bond acceptors (Lipinski definition) is 4. The molecule has 1 aromatic heterocycles. The molecule has 4 heteroatoms. The lowest BCUT2D eigenvalue weighted by molar-refractivity contribution is -0.0883. The molecule has 3 rings (SSSR count). The van der Waals surface area contributed by atoms with Crippen LogP contribution in [0.25, 0.3) is 10.9 Å². The molecule has 0 bridgehead atoms. The van der Waals surface area contributed by atoms with Crippen molar-refractivity contribution in [2.24, 2.45) is 0 Å². The number of nitrogens with one attached hydrogen (secondary N) is 1. The number of aromatic nitrogens is 1. The van der Waals surface area contributed by atoms with Gasteiger partial charge in [-0.3, -0.25) is 4.98 Å². The fourth-order valence-corrected chi connectivity index (χ4v) is 2.77. The first-order valence-corrected chi connectivity index (χ1v) is 7.09. The van der Waals surface area contributed by atoms with Gasteiger partial charge in [0.1, 0.15) is 18.0 Å². The van der Waals surface area contributed by atoms with Gasteiger partial charge in [-0.05, 0) is 24.7 Å². The summed E-state index contributed by atoms with van der Waals surface area (Å²) < 4.78 is 11.6. The number of rotatable bonds is 5. The first-order valence-electron chi connectivity index (χ1n) is 7.09. The Balaban J connectivity index is 1.70. The molecule has 3 atom stereocenters. The van der Waals surface area contributed by atoms with Crippen LogP contribution in [0.1, 0.15) is 13.3 Å². The van der Waals surface area contributed by atoms with Crippen LogP contribution in [0.2, 0.25) is 0 Å². The summed E-state index contributed by atoms with van der Waals surface area (Å²) in [5.41, 5.74) is 0.960. The van der Waals surface area contributed by atoms with E-state index in [9.17, 15) is 0 Å². The van der Waals surface area contributed by atoms with Gasteiger partial charge < -0.3 is 14.8 Å². The van der Waals surface area contributed by atoms with Gasteiger partial charge in [0.15, 0.2) is 0 Å². The van der Waals surface area contributed by atoms with Crippen LogP contribution < -0.4 is 10.1 Å². The van der Waals surface area contributed by atoms with E-state index in [1.807, 2.05) is 24.3 Å². The SMILES string of the molecule is CCNC1CC(Oc2ccc3cccnc3c2)C1OC. The molecule has 0 spiro atoms. The van der Waals surface area contributed by atoms with Gasteiger partial charge in [0.05, 0.1) is 5.52 Å². The molecular weight excluding hydrogens is 252 g/mol. The van der Waals surface area contributed by atoms with E-state index in [0.29, 0.717) is 6.04 Å². The van der Waals surface area contributed by atoms with Crippen LogP contribution in [0.15, 0.2) is 36.5 Å². The Kier molecular flexibility index (Phi) is 3.85. The van der Waals surface area contributed by atoms with Crippen molar-refractivity contribution in [1.29, 1.82) is 0 Å². The summed E-state index contributed by atoms with van der Waals surface area (Å²) in [6, 6.07) is 10.4. The van der Waals surface area contributed by atoms with E-state index in [-0.39, 0.29) is 12.2 Å². The minimum absolute atomic E-state index is 0.116. The monoisotopic (exact) mass is 272 g/mol. The number of methoxy groups -OCH3 is 1. The molecule has 1 aliphatic carbocycles. The Morgan fingerprint density at radius 3 is 3.05 bits per heavy atom. The number of likely N-dealkylation sites (N-methyl/N-ethyl adjacent to an activating group) is 1. The molecule has 2 aromatic rings. The van der Waals surface area contributed by atoms with E-state index in [4.69, 9.17) is 9.47 Å². The third-order valence-corrected chi connectivity index (χ3v) is 3.85. The summed E-state index contributed by atoms with van der Waals surface area (Å²) in [4.78, 5) is 4.35. The van der Waals surface area contributed by atoms with E-state index in [2.05, 4.69) is 23.3 Å². The van der Waals surface area contributed by atoms with Crippen molar-refractivity contribution >= 4 is 10.9 Å². The Hall–Kier alpha value is -1.65. The summed E-state index contributed by atoms with van der Waals surface area (Å²) in [6.07, 6.45) is 3.01. The maximum absolute atomic E-state index is 6.03. The van der Waals surface area contributed by atoms with E-state index in [1.165, 1.54) is 0 Å². The van der Waals surface area contributed by atoms with Gasteiger partial charge in [-0.2, -0.15) is 0 Å². The van der Waals surface area contributed by atoms with E-state index in [0.717, 1.165) is 29.6 Å². The molecule has 1 saturated carbocycles. The van der Waals surface area contributed by atoms with Crippen molar-refractivity contribution < 1.29 is 9.47 Å². The number of nitrogens with zero attached hydrogens (tertiary/aromatic N) is 1. The summed E-state index contributed by atoms with van der Waals surface area (Å²) in [6.45, 7) is 3.06. The molecule has 1 fully saturated rings. The minimum atomic E-state index is 0.116. The van der Waals surface area contributed by atoms with Crippen LogP contribution in [0.5, 0.6) is 5.75 Å². The molecule has 0 radical (unpaired) electrons. The summed E-state index contributed by atoms with van der Waals surface area (Å²) in [5.74, 6) is 0.859. The first-order chi connectivity index (χ1) is 9.81. The van der Waals surface area contributed by atoms with Gasteiger partial charge in [0, 0.05) is 37.2 Å². The standard InChI is InChI=1S/C16H20N2O2/c1-3-17-14-10-15(16(14)19-2)20-12-7-6-11-5-4-8-18-13(11)9-12/h4-9,14-17H,3,10H2,1-2H3. The van der Waals surface area contributed by atoms with E-state index >= 15 is 0 Å². The largest absolute Gasteiger partial charge is 0.488 e. The number of ether oxygens (including phenoxy) is 2. The molecule has 3 unspecified atom stereocenters. The van der Waals surface area contributed by atoms with Crippen molar-refractivity contribution in [3.05, 3.63) is 36.5 Å². The maximum Gasteiger partial charge on any atom is 0.128 e. The predicted molar refractivity (Wildman–Crippen MR) is 79.0 cm³/mol. The molecule has 1 aliphatic rings. The van der Waals surface area contributed by atoms with Gasteiger partial charge in [-0.25, -0.2) is 0 Å². The fourth-order valence-electron chi connectivity index (χ4n) is 2.77. The molecule has 0 saturated heterocycles. The van der Waals surface area contributed by atoms with Crippen LogP contribution in [0.3, 0.4) is 0 Å². The zero-order chi connectivity index (χ0) is 13.9. The second-order valence-electron chi connectivity index (χ2n) is 5.11. The van der Waals surface area contributed by atoms with Gasteiger partial charge in [-0.15, -0.1) is 0 Å². The smallest absolute Gasteiger partial charge is 0.128 e. The maximum atomic E-state index is 6.03. The lowest BCUT2D eigenvalue weighted by atomic mass is 9.85. The first kappa shape index (κ1) is 13.3. The summed E-state index contributed by atoms with van der Waals surface area (Å²) in [7, 11) is 1.74. The molecule has 4 nitrogen and oxygen atoms in total. The molecule has 0 amide bonds. The number of hydrogen-bond donors (Lipinski definition) is 1. The predicted octanol–water partition coefficient (Wildman–Crippen LogP) is 2.38.